The second-order valence-corrected chi connectivity index (χ2v) is 10.6. The molecule has 4 aliphatic heterocycles. The smallest absolute Gasteiger partial charge is 0.251 e. The van der Waals surface area contributed by atoms with Crippen LogP contribution in [0.5, 0.6) is 0 Å². The number of carbonyl (C=O) groups excluding carboxylic acids is 3. The zero-order chi connectivity index (χ0) is 27.9. The van der Waals surface area contributed by atoms with Gasteiger partial charge in [0.1, 0.15) is 0 Å². The molecule has 206 valence electrons. The summed E-state index contributed by atoms with van der Waals surface area (Å²) < 4.78 is 0. The van der Waals surface area contributed by atoms with E-state index < -0.39 is 0 Å². The summed E-state index contributed by atoms with van der Waals surface area (Å²) >= 11 is 0. The molecule has 0 unspecified atom stereocenters. The van der Waals surface area contributed by atoms with Crippen LogP contribution in [0.1, 0.15) is 73.4 Å². The summed E-state index contributed by atoms with van der Waals surface area (Å²) in [5, 5.41) is 21.7. The summed E-state index contributed by atoms with van der Waals surface area (Å²) in [6.45, 7) is 1.68. The minimum Gasteiger partial charge on any atom is -0.858 e. The molecule has 8 nitrogen and oxygen atoms in total. The standard InChI is InChI=1S/C32H34N4O4/c37-29-25-3-1-4-26(15-25)30(38)34-18-22-9-13-24(14-10-22)20-36-32(40)28-6-2-5-27(16-28)31(39)35-19-23-11-7-21(8-12-23)17-33-29/h1-8,11-12,15-16,22,24H,9-10,13-14,17-20H2,(H,33,37)(H,34,38)(H,35,39)(H,36,40)/p-1. The third-order valence-corrected chi connectivity index (χ3v) is 7.71. The maximum Gasteiger partial charge on any atom is 0.251 e. The van der Waals surface area contributed by atoms with E-state index in [1.165, 1.54) is 0 Å². The van der Waals surface area contributed by atoms with Gasteiger partial charge in [-0.1, -0.05) is 42.5 Å². The quantitative estimate of drug-likeness (QED) is 0.408. The van der Waals surface area contributed by atoms with Crippen molar-refractivity contribution in [1.29, 1.82) is 0 Å². The Labute approximate surface area is 233 Å². The van der Waals surface area contributed by atoms with E-state index in [2.05, 4.69) is 20.9 Å². The molecule has 3 aromatic rings. The van der Waals surface area contributed by atoms with E-state index in [1.54, 1.807) is 48.5 Å². The average molecular weight is 538 g/mol. The first-order valence-corrected chi connectivity index (χ1v) is 13.8. The van der Waals surface area contributed by atoms with Crippen molar-refractivity contribution < 1.29 is 19.5 Å². The van der Waals surface area contributed by atoms with Crippen LogP contribution in [-0.4, -0.2) is 36.7 Å². The highest BCUT2D eigenvalue weighted by atomic mass is 16.3. The van der Waals surface area contributed by atoms with Crippen molar-refractivity contribution in [2.24, 2.45) is 16.8 Å². The number of aliphatic imine (C=N–C) groups is 1. The van der Waals surface area contributed by atoms with Gasteiger partial charge in [0.15, 0.2) is 0 Å². The van der Waals surface area contributed by atoms with Crippen LogP contribution in [-0.2, 0) is 13.1 Å². The number of hydrogen-bond donors (Lipinski definition) is 3. The van der Waals surface area contributed by atoms with Gasteiger partial charge < -0.3 is 21.1 Å². The third kappa shape index (κ3) is 6.94. The molecular formula is C32H33N4O4-. The molecule has 4 heterocycles. The van der Waals surface area contributed by atoms with Gasteiger partial charge in [0.05, 0.1) is 6.54 Å². The lowest BCUT2D eigenvalue weighted by molar-refractivity contribution is -0.213. The van der Waals surface area contributed by atoms with E-state index in [1.807, 2.05) is 24.3 Å². The second-order valence-electron chi connectivity index (χ2n) is 10.6. The van der Waals surface area contributed by atoms with Crippen molar-refractivity contribution in [3.8, 4) is 0 Å². The lowest BCUT2D eigenvalue weighted by atomic mass is 9.82. The Bertz CT molecular complexity index is 1410. The van der Waals surface area contributed by atoms with E-state index in [4.69, 9.17) is 0 Å². The summed E-state index contributed by atoms with van der Waals surface area (Å²) in [5.41, 5.74) is 3.45. The molecule has 3 aromatic carbocycles. The van der Waals surface area contributed by atoms with Crippen LogP contribution in [0, 0.1) is 11.8 Å². The molecule has 40 heavy (non-hydrogen) atoms. The predicted molar refractivity (Wildman–Crippen MR) is 151 cm³/mol. The minimum absolute atomic E-state index is 0.188. The molecular weight excluding hydrogens is 504 g/mol. The van der Waals surface area contributed by atoms with Crippen LogP contribution in [0.3, 0.4) is 0 Å². The largest absolute Gasteiger partial charge is 0.858 e. The fourth-order valence-corrected chi connectivity index (χ4v) is 5.21. The van der Waals surface area contributed by atoms with E-state index in [-0.39, 0.29) is 30.2 Å². The molecule has 1 fully saturated rings. The number of nitrogens with one attached hydrogen (secondary N) is 3. The SMILES string of the molecule is O=C1NCc2ccc(cc2)CN=C([O-])c2cccc(c2)C(=O)NCC2CCC(CC2)CNC(=O)c2cccc1c2. The summed E-state index contributed by atoms with van der Waals surface area (Å²) in [6.07, 6.45) is 3.87. The molecule has 1 aliphatic carbocycles. The Morgan fingerprint density at radius 3 is 1.60 bits per heavy atom. The zero-order valence-electron chi connectivity index (χ0n) is 22.3. The highest BCUT2D eigenvalue weighted by Gasteiger charge is 2.22. The maximum absolute atomic E-state index is 12.8. The average Bonchev–Trinajstić information content (AvgIpc) is 3.00. The number of hydrogen-bond acceptors (Lipinski definition) is 5. The molecule has 3 N–H and O–H groups in total. The first-order chi connectivity index (χ1) is 19.4. The minimum atomic E-state index is -0.375. The van der Waals surface area contributed by atoms with E-state index in [0.717, 1.165) is 36.8 Å². The van der Waals surface area contributed by atoms with Crippen LogP contribution in [0.15, 0.2) is 77.8 Å². The van der Waals surface area contributed by atoms with Crippen molar-refractivity contribution >= 4 is 23.6 Å². The van der Waals surface area contributed by atoms with Crippen LogP contribution < -0.4 is 21.1 Å². The molecule has 5 aliphatic rings. The van der Waals surface area contributed by atoms with Crippen molar-refractivity contribution in [3.63, 3.8) is 0 Å². The van der Waals surface area contributed by atoms with E-state index >= 15 is 0 Å². The Morgan fingerprint density at radius 2 is 1.05 bits per heavy atom. The number of rotatable bonds is 0. The van der Waals surface area contributed by atoms with Gasteiger partial charge in [-0.15, -0.1) is 0 Å². The Kier molecular flexibility index (Phi) is 8.54. The van der Waals surface area contributed by atoms with Gasteiger partial charge in [-0.3, -0.25) is 19.4 Å². The van der Waals surface area contributed by atoms with Crippen molar-refractivity contribution in [2.45, 2.75) is 38.8 Å². The number of carbonyl (C=O) groups is 3. The highest BCUT2D eigenvalue weighted by molar-refractivity contribution is 6.00. The van der Waals surface area contributed by atoms with Crippen molar-refractivity contribution in [2.75, 3.05) is 13.1 Å². The molecule has 0 radical (unpaired) electrons. The van der Waals surface area contributed by atoms with Crippen LogP contribution in [0.4, 0.5) is 0 Å². The van der Waals surface area contributed by atoms with Crippen LogP contribution in [0.2, 0.25) is 0 Å². The van der Waals surface area contributed by atoms with Crippen molar-refractivity contribution in [3.05, 3.63) is 106 Å². The number of amides is 3. The fourth-order valence-electron chi connectivity index (χ4n) is 5.21. The van der Waals surface area contributed by atoms with E-state index in [9.17, 15) is 19.5 Å². The topological polar surface area (TPSA) is 123 Å². The summed E-state index contributed by atoms with van der Waals surface area (Å²) in [7, 11) is 0. The van der Waals surface area contributed by atoms with Crippen LogP contribution >= 0.6 is 0 Å². The normalized spacial score (nSPS) is 20.7. The second kappa shape index (κ2) is 12.6. The monoisotopic (exact) mass is 537 g/mol. The molecule has 8 rings (SSSR count). The van der Waals surface area contributed by atoms with Gasteiger partial charge >= 0.3 is 0 Å². The van der Waals surface area contributed by atoms with Gasteiger partial charge in [0.2, 0.25) is 0 Å². The van der Waals surface area contributed by atoms with Gasteiger partial charge in [-0.05, 0) is 90.4 Å². The maximum atomic E-state index is 12.8. The molecule has 8 bridgehead atoms. The third-order valence-electron chi connectivity index (χ3n) is 7.71. The summed E-state index contributed by atoms with van der Waals surface area (Å²) in [5.74, 6) is -0.273. The molecule has 1 saturated carbocycles. The predicted octanol–water partition coefficient (Wildman–Crippen LogP) is 3.20. The van der Waals surface area contributed by atoms with E-state index in [0.29, 0.717) is 53.7 Å². The van der Waals surface area contributed by atoms with Crippen LogP contribution in [0.25, 0.3) is 0 Å². The van der Waals surface area contributed by atoms with Gasteiger partial charge in [-0.25, -0.2) is 0 Å². The van der Waals surface area contributed by atoms with Gasteiger partial charge in [0.25, 0.3) is 17.7 Å². The molecule has 0 saturated heterocycles. The number of benzene rings is 3. The highest BCUT2D eigenvalue weighted by Crippen LogP contribution is 2.28. The summed E-state index contributed by atoms with van der Waals surface area (Å²) in [6, 6.07) is 20.9. The first kappa shape index (κ1) is 27.1. The Hall–Kier alpha value is -4.46. The first-order valence-electron chi connectivity index (χ1n) is 13.8. The lowest BCUT2D eigenvalue weighted by Gasteiger charge is -2.28. The number of nitrogens with zero attached hydrogens (tertiary/aromatic N) is 1. The zero-order valence-corrected chi connectivity index (χ0v) is 22.3. The van der Waals surface area contributed by atoms with Gasteiger partial charge in [0, 0.05) is 36.3 Å². The summed E-state index contributed by atoms with van der Waals surface area (Å²) in [4.78, 5) is 42.6. The molecule has 0 aromatic heterocycles. The van der Waals surface area contributed by atoms with Crippen molar-refractivity contribution in [1.82, 2.24) is 16.0 Å². The molecule has 3 amide bonds. The molecule has 0 spiro atoms. The molecule has 8 heteroatoms. The fraction of sp³-hybridized carbons (Fsp3) is 0.312. The van der Waals surface area contributed by atoms with Gasteiger partial charge in [-0.2, -0.15) is 0 Å². The Balaban J connectivity index is 1.34. The Morgan fingerprint density at radius 1 is 0.600 bits per heavy atom. The lowest BCUT2D eigenvalue weighted by Crippen LogP contribution is -2.34. The molecule has 0 atom stereocenters.